The van der Waals surface area contributed by atoms with Crippen LogP contribution in [0.1, 0.15) is 110 Å². The number of phosphoric ester groups is 1. The van der Waals surface area contributed by atoms with Gasteiger partial charge in [0.15, 0.2) is 0 Å². The zero-order valence-corrected chi connectivity index (χ0v) is 18.9. The minimum Gasteiger partial charge on any atom is -0.303 e. The second kappa shape index (κ2) is 19.4. The quantitative estimate of drug-likeness (QED) is 0.173. The molecule has 0 spiro atoms. The molecular formula is C21H46NO4P. The second-order valence-corrected chi connectivity index (χ2v) is 9.00. The van der Waals surface area contributed by atoms with Crippen LogP contribution in [0.5, 0.6) is 0 Å². The van der Waals surface area contributed by atoms with E-state index in [1.165, 1.54) is 90.1 Å². The molecule has 0 amide bonds. The predicted octanol–water partition coefficient (Wildman–Crippen LogP) is 6.29. The van der Waals surface area contributed by atoms with Crippen molar-refractivity contribution in [3.63, 3.8) is 0 Å². The summed E-state index contributed by atoms with van der Waals surface area (Å²) in [4.78, 5) is 20.0. The Morgan fingerprint density at radius 1 is 0.630 bits per heavy atom. The van der Waals surface area contributed by atoms with Crippen LogP contribution in [0.2, 0.25) is 0 Å². The van der Waals surface area contributed by atoms with Gasteiger partial charge < -0.3 is 14.7 Å². The third kappa shape index (κ3) is 22.2. The first-order chi connectivity index (χ1) is 13.0. The molecule has 0 radical (unpaired) electrons. The van der Waals surface area contributed by atoms with Gasteiger partial charge in [-0.3, -0.25) is 4.52 Å². The Labute approximate surface area is 168 Å². The minimum atomic E-state index is -4.30. The van der Waals surface area contributed by atoms with Crippen LogP contribution in [0.4, 0.5) is 0 Å². The highest BCUT2D eigenvalue weighted by molar-refractivity contribution is 7.46. The summed E-state index contributed by atoms with van der Waals surface area (Å²) in [5.41, 5.74) is 0. The summed E-state index contributed by atoms with van der Waals surface area (Å²) in [5, 5.41) is 0. The molecule has 0 heterocycles. The van der Waals surface area contributed by atoms with E-state index in [9.17, 15) is 4.57 Å². The lowest BCUT2D eigenvalue weighted by atomic mass is 10.1. The monoisotopic (exact) mass is 407 g/mol. The highest BCUT2D eigenvalue weighted by Gasteiger charge is 2.12. The summed E-state index contributed by atoms with van der Waals surface area (Å²) >= 11 is 0. The van der Waals surface area contributed by atoms with E-state index in [2.05, 4.69) is 23.3 Å². The van der Waals surface area contributed by atoms with Crippen molar-refractivity contribution >= 4 is 7.82 Å². The van der Waals surface area contributed by atoms with E-state index in [1.807, 2.05) is 0 Å². The lowest BCUT2D eigenvalue weighted by Gasteiger charge is -2.22. The van der Waals surface area contributed by atoms with Crippen molar-refractivity contribution in [1.82, 2.24) is 4.90 Å². The Morgan fingerprint density at radius 2 is 1.00 bits per heavy atom. The van der Waals surface area contributed by atoms with Gasteiger partial charge in [0.05, 0.1) is 6.61 Å². The van der Waals surface area contributed by atoms with Crippen molar-refractivity contribution in [3.8, 4) is 0 Å². The third-order valence-electron chi connectivity index (χ3n) is 5.03. The van der Waals surface area contributed by atoms with Crippen molar-refractivity contribution in [3.05, 3.63) is 0 Å². The van der Waals surface area contributed by atoms with Crippen LogP contribution in [0.25, 0.3) is 0 Å². The molecule has 2 N–H and O–H groups in total. The first-order valence-corrected chi connectivity index (χ1v) is 12.9. The molecule has 0 aromatic heterocycles. The van der Waals surface area contributed by atoms with E-state index in [1.54, 1.807) is 0 Å². The Balaban J connectivity index is 3.88. The highest BCUT2D eigenvalue weighted by atomic mass is 31.2. The van der Waals surface area contributed by atoms with E-state index in [0.29, 0.717) is 6.42 Å². The predicted molar refractivity (Wildman–Crippen MR) is 115 cm³/mol. The lowest BCUT2D eigenvalue weighted by molar-refractivity contribution is 0.191. The summed E-state index contributed by atoms with van der Waals surface area (Å²) in [7, 11) is -4.30. The van der Waals surface area contributed by atoms with Crippen LogP contribution in [0.3, 0.4) is 0 Å². The number of nitrogens with zero attached hydrogens (tertiary/aromatic N) is 1. The highest BCUT2D eigenvalue weighted by Crippen LogP contribution is 2.35. The van der Waals surface area contributed by atoms with Gasteiger partial charge in [0, 0.05) is 0 Å². The van der Waals surface area contributed by atoms with Gasteiger partial charge in [-0.1, -0.05) is 78.1 Å². The summed E-state index contributed by atoms with van der Waals surface area (Å²) in [6.07, 6.45) is 18.8. The maximum Gasteiger partial charge on any atom is 0.469 e. The Bertz CT molecular complexity index is 333. The Morgan fingerprint density at radius 3 is 1.41 bits per heavy atom. The summed E-state index contributed by atoms with van der Waals surface area (Å²) in [6.45, 7) is 8.15. The minimum absolute atomic E-state index is 0.152. The van der Waals surface area contributed by atoms with Crippen LogP contribution in [-0.2, 0) is 9.09 Å². The number of hydrogen-bond acceptors (Lipinski definition) is 3. The summed E-state index contributed by atoms with van der Waals surface area (Å²) < 4.78 is 15.2. The molecule has 0 bridgehead atoms. The van der Waals surface area contributed by atoms with Gasteiger partial charge in [-0.25, -0.2) is 4.57 Å². The molecule has 27 heavy (non-hydrogen) atoms. The molecular weight excluding hydrogens is 361 g/mol. The van der Waals surface area contributed by atoms with E-state index in [4.69, 9.17) is 9.79 Å². The fourth-order valence-corrected chi connectivity index (χ4v) is 3.73. The van der Waals surface area contributed by atoms with E-state index >= 15 is 0 Å². The van der Waals surface area contributed by atoms with Gasteiger partial charge in [-0.15, -0.1) is 0 Å². The number of rotatable bonds is 21. The fourth-order valence-electron chi connectivity index (χ4n) is 3.36. The van der Waals surface area contributed by atoms with Gasteiger partial charge in [0.25, 0.3) is 0 Å². The SMILES string of the molecule is CCCCCCCCN(CCCCCCCC)CCCCCOP(=O)(O)O. The van der Waals surface area contributed by atoms with E-state index < -0.39 is 7.82 Å². The zero-order chi connectivity index (χ0) is 20.2. The molecule has 6 heteroatoms. The largest absolute Gasteiger partial charge is 0.469 e. The molecule has 0 atom stereocenters. The van der Waals surface area contributed by atoms with Crippen molar-refractivity contribution in [1.29, 1.82) is 0 Å². The molecule has 0 aliphatic rings. The van der Waals surface area contributed by atoms with Gasteiger partial charge in [0.1, 0.15) is 0 Å². The number of phosphoric acid groups is 1. The topological polar surface area (TPSA) is 70.0 Å². The Kier molecular flexibility index (Phi) is 19.4. The van der Waals surface area contributed by atoms with Crippen LogP contribution >= 0.6 is 7.82 Å². The summed E-state index contributed by atoms with van der Waals surface area (Å²) in [6, 6.07) is 0. The van der Waals surface area contributed by atoms with Crippen LogP contribution in [0, 0.1) is 0 Å². The molecule has 0 rings (SSSR count). The first-order valence-electron chi connectivity index (χ1n) is 11.4. The second-order valence-electron chi connectivity index (χ2n) is 7.76. The standard InChI is InChI=1S/C21H46NO4P/c1-3-5-7-9-11-14-18-22(19-15-12-10-8-6-4-2)20-16-13-17-21-26-27(23,24)25/h3-21H2,1-2H3,(H2,23,24,25). The molecule has 0 aromatic carbocycles. The average molecular weight is 408 g/mol. The first kappa shape index (κ1) is 27.1. The maximum absolute atomic E-state index is 10.7. The summed E-state index contributed by atoms with van der Waals surface area (Å²) in [5.74, 6) is 0. The van der Waals surface area contributed by atoms with Gasteiger partial charge >= 0.3 is 7.82 Å². The molecule has 164 valence electrons. The van der Waals surface area contributed by atoms with Crippen LogP contribution < -0.4 is 0 Å². The van der Waals surface area contributed by atoms with Crippen molar-refractivity contribution < 1.29 is 18.9 Å². The molecule has 0 fully saturated rings. The van der Waals surface area contributed by atoms with E-state index in [-0.39, 0.29) is 6.61 Å². The molecule has 0 saturated heterocycles. The van der Waals surface area contributed by atoms with Crippen molar-refractivity contribution in [2.45, 2.75) is 110 Å². The normalized spacial score (nSPS) is 12.2. The molecule has 0 saturated carbocycles. The van der Waals surface area contributed by atoms with E-state index in [0.717, 1.165) is 19.4 Å². The third-order valence-corrected chi connectivity index (χ3v) is 5.55. The number of hydrogen-bond donors (Lipinski definition) is 2. The van der Waals surface area contributed by atoms with Gasteiger partial charge in [0.2, 0.25) is 0 Å². The lowest BCUT2D eigenvalue weighted by Crippen LogP contribution is -2.27. The van der Waals surface area contributed by atoms with Crippen molar-refractivity contribution in [2.24, 2.45) is 0 Å². The Hall–Kier alpha value is 0.0700. The van der Waals surface area contributed by atoms with Gasteiger partial charge in [-0.2, -0.15) is 0 Å². The van der Waals surface area contributed by atoms with Crippen LogP contribution in [0.15, 0.2) is 0 Å². The fraction of sp³-hybridized carbons (Fsp3) is 1.00. The van der Waals surface area contributed by atoms with Crippen molar-refractivity contribution in [2.75, 3.05) is 26.2 Å². The number of unbranched alkanes of at least 4 members (excludes halogenated alkanes) is 12. The van der Waals surface area contributed by atoms with Gasteiger partial charge in [-0.05, 0) is 51.7 Å². The molecule has 5 nitrogen and oxygen atoms in total. The van der Waals surface area contributed by atoms with Crippen LogP contribution in [-0.4, -0.2) is 40.9 Å². The smallest absolute Gasteiger partial charge is 0.303 e. The molecule has 0 aromatic rings. The molecule has 0 aliphatic carbocycles. The molecule has 0 aliphatic heterocycles. The zero-order valence-electron chi connectivity index (χ0n) is 18.0. The average Bonchev–Trinajstić information content (AvgIpc) is 2.62. The molecule has 0 unspecified atom stereocenters. The maximum atomic E-state index is 10.7.